The summed E-state index contributed by atoms with van der Waals surface area (Å²) >= 11 is 5.38. The van der Waals surface area contributed by atoms with Gasteiger partial charge in [-0.2, -0.15) is 0 Å². The first-order chi connectivity index (χ1) is 7.52. The highest BCUT2D eigenvalue weighted by molar-refractivity contribution is 6.17. The van der Waals surface area contributed by atoms with Gasteiger partial charge in [-0.05, 0) is 0 Å². The van der Waals surface area contributed by atoms with Gasteiger partial charge in [0.2, 0.25) is 0 Å². The summed E-state index contributed by atoms with van der Waals surface area (Å²) in [5.74, 6) is -2.68. The van der Waals surface area contributed by atoms with Crippen molar-refractivity contribution >= 4 is 17.6 Å². The number of esters is 1. The molecular formula is C9H7ClF3NO2. The standard InChI is InChI=1S/C9H7ClF3NO2/c1-16-9(15)6-4(11)3-14-5(2-10)7(6)8(12)13/h3,8H,2H2,1H3. The monoisotopic (exact) mass is 253 g/mol. The molecule has 16 heavy (non-hydrogen) atoms. The molecule has 0 aromatic carbocycles. The average molecular weight is 254 g/mol. The van der Waals surface area contributed by atoms with E-state index >= 15 is 0 Å². The lowest BCUT2D eigenvalue weighted by Crippen LogP contribution is -2.13. The highest BCUT2D eigenvalue weighted by atomic mass is 35.5. The predicted molar refractivity (Wildman–Crippen MR) is 50.0 cm³/mol. The molecule has 0 spiro atoms. The van der Waals surface area contributed by atoms with Crippen LogP contribution < -0.4 is 0 Å². The Morgan fingerprint density at radius 2 is 2.25 bits per heavy atom. The summed E-state index contributed by atoms with van der Waals surface area (Å²) < 4.78 is 42.8. The number of halogens is 4. The van der Waals surface area contributed by atoms with Gasteiger partial charge in [0, 0.05) is 0 Å². The summed E-state index contributed by atoms with van der Waals surface area (Å²) in [6.45, 7) is 0. The Morgan fingerprint density at radius 1 is 1.62 bits per heavy atom. The van der Waals surface area contributed by atoms with E-state index in [2.05, 4.69) is 9.72 Å². The Balaban J connectivity index is 3.48. The fraction of sp³-hybridized carbons (Fsp3) is 0.333. The smallest absolute Gasteiger partial charge is 0.341 e. The normalized spacial score (nSPS) is 10.6. The second kappa shape index (κ2) is 5.16. The van der Waals surface area contributed by atoms with Gasteiger partial charge in [-0.3, -0.25) is 4.98 Å². The van der Waals surface area contributed by atoms with Gasteiger partial charge >= 0.3 is 5.97 Å². The Morgan fingerprint density at radius 3 is 2.69 bits per heavy atom. The SMILES string of the molecule is COC(=O)c1c(F)cnc(CCl)c1C(F)F. The third-order valence-electron chi connectivity index (χ3n) is 1.89. The van der Waals surface area contributed by atoms with Crippen molar-refractivity contribution in [1.29, 1.82) is 0 Å². The van der Waals surface area contributed by atoms with Gasteiger partial charge in [0.05, 0.1) is 30.4 Å². The Kier molecular flexibility index (Phi) is 4.12. The number of rotatable bonds is 3. The summed E-state index contributed by atoms with van der Waals surface area (Å²) in [7, 11) is 0.970. The number of methoxy groups -OCH3 is 1. The number of alkyl halides is 3. The molecule has 0 amide bonds. The van der Waals surface area contributed by atoms with Crippen molar-refractivity contribution in [2.45, 2.75) is 12.3 Å². The van der Waals surface area contributed by atoms with E-state index < -0.39 is 29.3 Å². The minimum atomic E-state index is -3.05. The number of carbonyl (C=O) groups is 1. The van der Waals surface area contributed by atoms with Crippen molar-refractivity contribution in [2.24, 2.45) is 0 Å². The molecule has 0 saturated carbocycles. The van der Waals surface area contributed by atoms with Gasteiger partial charge in [-0.25, -0.2) is 18.0 Å². The lowest BCUT2D eigenvalue weighted by Gasteiger charge is -2.11. The molecular weight excluding hydrogens is 247 g/mol. The first kappa shape index (κ1) is 12.8. The van der Waals surface area contributed by atoms with E-state index in [4.69, 9.17) is 11.6 Å². The number of carbonyl (C=O) groups excluding carboxylic acids is 1. The van der Waals surface area contributed by atoms with Crippen molar-refractivity contribution < 1.29 is 22.7 Å². The molecule has 0 unspecified atom stereocenters. The number of nitrogens with zero attached hydrogens (tertiary/aromatic N) is 1. The zero-order valence-corrected chi connectivity index (χ0v) is 8.89. The quantitative estimate of drug-likeness (QED) is 0.614. The topological polar surface area (TPSA) is 39.2 Å². The fourth-order valence-corrected chi connectivity index (χ4v) is 1.41. The van der Waals surface area contributed by atoms with Crippen molar-refractivity contribution in [3.8, 4) is 0 Å². The van der Waals surface area contributed by atoms with Crippen LogP contribution in [0.4, 0.5) is 13.2 Å². The minimum Gasteiger partial charge on any atom is -0.465 e. The molecule has 88 valence electrons. The van der Waals surface area contributed by atoms with Crippen molar-refractivity contribution in [1.82, 2.24) is 4.98 Å². The van der Waals surface area contributed by atoms with E-state index in [1.165, 1.54) is 0 Å². The summed E-state index contributed by atoms with van der Waals surface area (Å²) in [6, 6.07) is 0. The number of hydrogen-bond donors (Lipinski definition) is 0. The minimum absolute atomic E-state index is 0.238. The van der Waals surface area contributed by atoms with Crippen molar-refractivity contribution in [3.63, 3.8) is 0 Å². The van der Waals surface area contributed by atoms with Crippen LogP contribution in [0.2, 0.25) is 0 Å². The number of hydrogen-bond acceptors (Lipinski definition) is 3. The molecule has 0 bridgehead atoms. The van der Waals surface area contributed by atoms with Gasteiger partial charge in [-0.1, -0.05) is 0 Å². The van der Waals surface area contributed by atoms with Gasteiger partial charge in [-0.15, -0.1) is 11.6 Å². The van der Waals surface area contributed by atoms with Crippen LogP contribution in [0, 0.1) is 5.82 Å². The third kappa shape index (κ3) is 2.27. The molecule has 0 aliphatic carbocycles. The molecule has 0 atom stereocenters. The largest absolute Gasteiger partial charge is 0.465 e. The molecule has 1 aromatic rings. The predicted octanol–water partition coefficient (Wildman–Crippen LogP) is 2.68. The van der Waals surface area contributed by atoms with Gasteiger partial charge in [0.25, 0.3) is 6.43 Å². The van der Waals surface area contributed by atoms with Crippen molar-refractivity contribution in [2.75, 3.05) is 7.11 Å². The molecule has 1 rings (SSSR count). The van der Waals surface area contributed by atoms with Gasteiger partial charge < -0.3 is 4.74 Å². The Bertz CT molecular complexity index is 412. The summed E-state index contributed by atoms with van der Waals surface area (Å²) in [5.41, 5.74) is -1.87. The summed E-state index contributed by atoms with van der Waals surface area (Å²) in [5, 5.41) is 0. The van der Waals surface area contributed by atoms with Crippen LogP contribution in [-0.4, -0.2) is 18.1 Å². The number of ether oxygens (including phenoxy) is 1. The van der Waals surface area contributed by atoms with Crippen LogP contribution >= 0.6 is 11.6 Å². The third-order valence-corrected chi connectivity index (χ3v) is 2.14. The Hall–Kier alpha value is -1.30. The molecule has 0 fully saturated rings. The zero-order valence-electron chi connectivity index (χ0n) is 8.14. The fourth-order valence-electron chi connectivity index (χ4n) is 1.19. The highest BCUT2D eigenvalue weighted by Gasteiger charge is 2.27. The first-order valence-electron chi connectivity index (χ1n) is 4.12. The Labute approximate surface area is 94.2 Å². The van der Waals surface area contributed by atoms with Crippen LogP contribution in [0.1, 0.15) is 28.0 Å². The molecule has 1 heterocycles. The molecule has 0 saturated heterocycles. The first-order valence-corrected chi connectivity index (χ1v) is 4.66. The van der Waals surface area contributed by atoms with E-state index in [1.54, 1.807) is 0 Å². The van der Waals surface area contributed by atoms with E-state index in [-0.39, 0.29) is 11.6 Å². The molecule has 0 N–H and O–H groups in total. The van der Waals surface area contributed by atoms with E-state index in [0.29, 0.717) is 6.20 Å². The van der Waals surface area contributed by atoms with Crippen LogP contribution in [0.5, 0.6) is 0 Å². The van der Waals surface area contributed by atoms with Gasteiger partial charge in [0.1, 0.15) is 5.56 Å². The van der Waals surface area contributed by atoms with E-state index in [1.807, 2.05) is 0 Å². The highest BCUT2D eigenvalue weighted by Crippen LogP contribution is 2.28. The molecule has 0 aliphatic rings. The second-order valence-electron chi connectivity index (χ2n) is 2.77. The molecule has 3 nitrogen and oxygen atoms in total. The maximum atomic E-state index is 13.2. The van der Waals surface area contributed by atoms with Crippen LogP contribution in [0.25, 0.3) is 0 Å². The molecule has 0 radical (unpaired) electrons. The molecule has 1 aromatic heterocycles. The van der Waals surface area contributed by atoms with Crippen LogP contribution in [-0.2, 0) is 10.6 Å². The van der Waals surface area contributed by atoms with Crippen LogP contribution in [0.3, 0.4) is 0 Å². The number of pyridine rings is 1. The summed E-state index contributed by atoms with van der Waals surface area (Å²) in [6.07, 6.45) is -2.39. The van der Waals surface area contributed by atoms with E-state index in [0.717, 1.165) is 7.11 Å². The second-order valence-corrected chi connectivity index (χ2v) is 3.03. The summed E-state index contributed by atoms with van der Waals surface area (Å²) in [4.78, 5) is 14.6. The van der Waals surface area contributed by atoms with Gasteiger partial charge in [0.15, 0.2) is 5.82 Å². The van der Waals surface area contributed by atoms with Crippen LogP contribution in [0.15, 0.2) is 6.20 Å². The molecule has 7 heteroatoms. The van der Waals surface area contributed by atoms with Crippen molar-refractivity contribution in [3.05, 3.63) is 28.8 Å². The maximum absolute atomic E-state index is 13.2. The lowest BCUT2D eigenvalue weighted by atomic mass is 10.1. The van der Waals surface area contributed by atoms with E-state index in [9.17, 15) is 18.0 Å². The maximum Gasteiger partial charge on any atom is 0.341 e. The number of aromatic nitrogens is 1. The zero-order chi connectivity index (χ0) is 12.3. The lowest BCUT2D eigenvalue weighted by molar-refractivity contribution is 0.0582. The molecule has 0 aliphatic heterocycles. The average Bonchev–Trinajstić information content (AvgIpc) is 2.27.